The molecule has 0 radical (unpaired) electrons. The van der Waals surface area contributed by atoms with E-state index in [1.165, 1.54) is 22.9 Å². The molecule has 102 valence electrons. The Morgan fingerprint density at radius 3 is 2.74 bits per heavy atom. The van der Waals surface area contributed by atoms with Gasteiger partial charge in [0.2, 0.25) is 0 Å². The monoisotopic (exact) mass is 284 g/mol. The van der Waals surface area contributed by atoms with Crippen LogP contribution in [0.5, 0.6) is 0 Å². The number of hydrogen-bond acceptors (Lipinski definition) is 4. The van der Waals surface area contributed by atoms with Crippen LogP contribution in [-0.2, 0) is 23.6 Å². The summed E-state index contributed by atoms with van der Waals surface area (Å²) < 4.78 is 41.2. The van der Waals surface area contributed by atoms with Gasteiger partial charge in [-0.1, -0.05) is 0 Å². The van der Waals surface area contributed by atoms with Crippen LogP contribution in [0, 0.1) is 5.82 Å². The zero-order valence-corrected chi connectivity index (χ0v) is 11.0. The van der Waals surface area contributed by atoms with E-state index in [9.17, 15) is 12.8 Å². The Kier molecular flexibility index (Phi) is 3.54. The van der Waals surface area contributed by atoms with E-state index < -0.39 is 15.8 Å². The van der Waals surface area contributed by atoms with Crippen molar-refractivity contribution in [3.63, 3.8) is 0 Å². The van der Waals surface area contributed by atoms with Crippen LogP contribution in [0.4, 0.5) is 10.2 Å². The van der Waals surface area contributed by atoms with Gasteiger partial charge < -0.3 is 5.73 Å². The molecular formula is C11H13FN4O2S. The lowest BCUT2D eigenvalue weighted by Gasteiger charge is -2.07. The molecule has 2 aromatic rings. The highest BCUT2D eigenvalue weighted by Crippen LogP contribution is 2.17. The highest BCUT2D eigenvalue weighted by atomic mass is 32.2. The van der Waals surface area contributed by atoms with E-state index in [0.717, 1.165) is 6.07 Å². The van der Waals surface area contributed by atoms with Crippen molar-refractivity contribution in [2.24, 2.45) is 12.8 Å². The van der Waals surface area contributed by atoms with Gasteiger partial charge in [-0.3, -0.25) is 9.40 Å². The Balaban J connectivity index is 2.34. The molecule has 3 N–H and O–H groups in total. The van der Waals surface area contributed by atoms with Gasteiger partial charge in [0.25, 0.3) is 10.0 Å². The lowest BCUT2D eigenvalue weighted by molar-refractivity contribution is 0.596. The number of halogens is 1. The van der Waals surface area contributed by atoms with Gasteiger partial charge in [0.05, 0.1) is 4.90 Å². The minimum absolute atomic E-state index is 0.0556. The Hall–Kier alpha value is -1.93. The molecule has 8 heteroatoms. The van der Waals surface area contributed by atoms with Crippen molar-refractivity contribution in [2.75, 3.05) is 4.72 Å². The van der Waals surface area contributed by atoms with Crippen molar-refractivity contribution in [2.45, 2.75) is 11.4 Å². The quantitative estimate of drug-likeness (QED) is 0.869. The number of benzene rings is 1. The number of anilines is 1. The van der Waals surface area contributed by atoms with Gasteiger partial charge in [0.1, 0.15) is 5.82 Å². The molecule has 0 saturated carbocycles. The predicted molar refractivity (Wildman–Crippen MR) is 68.3 cm³/mol. The van der Waals surface area contributed by atoms with Crippen LogP contribution in [0.15, 0.2) is 35.4 Å². The van der Waals surface area contributed by atoms with Gasteiger partial charge in [-0.2, -0.15) is 5.10 Å². The van der Waals surface area contributed by atoms with E-state index in [2.05, 4.69) is 9.82 Å². The highest BCUT2D eigenvalue weighted by molar-refractivity contribution is 7.92. The molecule has 0 spiro atoms. The summed E-state index contributed by atoms with van der Waals surface area (Å²) in [6.45, 7) is -0.0707. The number of nitrogens with zero attached hydrogens (tertiary/aromatic N) is 2. The van der Waals surface area contributed by atoms with E-state index >= 15 is 0 Å². The SMILES string of the molecule is Cn1ccc(NS(=O)(=O)c2ccc(F)c(CN)c2)n1. The topological polar surface area (TPSA) is 90.0 Å². The normalized spacial score (nSPS) is 11.5. The van der Waals surface area contributed by atoms with E-state index in [4.69, 9.17) is 5.73 Å². The van der Waals surface area contributed by atoms with Crippen molar-refractivity contribution in [3.8, 4) is 0 Å². The standard InChI is InChI=1S/C11H13FN4O2S/c1-16-5-4-11(14-16)15-19(17,18)9-2-3-10(12)8(6-9)7-13/h2-6H,7,13H2,1H3,(H,14,15). The molecule has 0 bridgehead atoms. The summed E-state index contributed by atoms with van der Waals surface area (Å²) in [6.07, 6.45) is 1.60. The molecule has 0 aliphatic carbocycles. The second-order valence-electron chi connectivity index (χ2n) is 3.94. The van der Waals surface area contributed by atoms with Crippen molar-refractivity contribution >= 4 is 15.8 Å². The molecule has 6 nitrogen and oxygen atoms in total. The molecule has 1 heterocycles. The Morgan fingerprint density at radius 1 is 1.42 bits per heavy atom. The fourth-order valence-corrected chi connectivity index (χ4v) is 2.59. The lowest BCUT2D eigenvalue weighted by Crippen LogP contribution is -2.14. The van der Waals surface area contributed by atoms with Crippen LogP contribution in [-0.4, -0.2) is 18.2 Å². The number of aromatic nitrogens is 2. The molecular weight excluding hydrogens is 271 g/mol. The fraction of sp³-hybridized carbons (Fsp3) is 0.182. The Morgan fingerprint density at radius 2 is 2.16 bits per heavy atom. The molecule has 2 rings (SSSR count). The van der Waals surface area contributed by atoms with Gasteiger partial charge in [0.15, 0.2) is 5.82 Å². The summed E-state index contributed by atoms with van der Waals surface area (Å²) in [7, 11) is -2.13. The Labute approximate surface area is 110 Å². The second-order valence-corrected chi connectivity index (χ2v) is 5.62. The molecule has 1 aromatic heterocycles. The van der Waals surface area contributed by atoms with Crippen molar-refractivity contribution < 1.29 is 12.8 Å². The zero-order chi connectivity index (χ0) is 14.0. The zero-order valence-electron chi connectivity index (χ0n) is 10.2. The van der Waals surface area contributed by atoms with E-state index in [1.54, 1.807) is 13.2 Å². The third kappa shape index (κ3) is 2.91. The maximum absolute atomic E-state index is 13.3. The van der Waals surface area contributed by atoms with Gasteiger partial charge in [0, 0.05) is 31.4 Å². The molecule has 0 aliphatic heterocycles. The first-order valence-corrected chi connectivity index (χ1v) is 6.91. The van der Waals surface area contributed by atoms with Gasteiger partial charge in [-0.15, -0.1) is 0 Å². The first-order chi connectivity index (χ1) is 8.92. The fourth-order valence-electron chi connectivity index (χ4n) is 1.54. The first kappa shape index (κ1) is 13.5. The van der Waals surface area contributed by atoms with Gasteiger partial charge >= 0.3 is 0 Å². The van der Waals surface area contributed by atoms with Crippen LogP contribution in [0.1, 0.15) is 5.56 Å². The van der Waals surface area contributed by atoms with Crippen molar-refractivity contribution in [3.05, 3.63) is 41.8 Å². The third-order valence-electron chi connectivity index (χ3n) is 2.50. The molecule has 0 fully saturated rings. The summed E-state index contributed by atoms with van der Waals surface area (Å²) >= 11 is 0. The van der Waals surface area contributed by atoms with Crippen molar-refractivity contribution in [1.29, 1.82) is 0 Å². The van der Waals surface area contributed by atoms with E-state index in [0.29, 0.717) is 0 Å². The average molecular weight is 284 g/mol. The van der Waals surface area contributed by atoms with Crippen molar-refractivity contribution in [1.82, 2.24) is 9.78 Å². The van der Waals surface area contributed by atoms with Gasteiger partial charge in [-0.25, -0.2) is 12.8 Å². The number of hydrogen-bond donors (Lipinski definition) is 2. The van der Waals surface area contributed by atoms with E-state index in [1.807, 2.05) is 0 Å². The first-order valence-electron chi connectivity index (χ1n) is 5.43. The minimum atomic E-state index is -3.80. The molecule has 19 heavy (non-hydrogen) atoms. The summed E-state index contributed by atoms with van der Waals surface area (Å²) in [5, 5.41) is 3.91. The highest BCUT2D eigenvalue weighted by Gasteiger charge is 2.17. The second kappa shape index (κ2) is 4.98. The van der Waals surface area contributed by atoms with Crippen LogP contribution < -0.4 is 10.5 Å². The largest absolute Gasteiger partial charge is 0.326 e. The average Bonchev–Trinajstić information content (AvgIpc) is 2.74. The van der Waals surface area contributed by atoms with Crippen LogP contribution in [0.2, 0.25) is 0 Å². The summed E-state index contributed by atoms with van der Waals surface area (Å²) in [5.41, 5.74) is 5.49. The number of rotatable bonds is 4. The van der Waals surface area contributed by atoms with Crippen LogP contribution in [0.25, 0.3) is 0 Å². The summed E-state index contributed by atoms with van der Waals surface area (Å²) in [5.74, 6) is -0.333. The van der Waals surface area contributed by atoms with Crippen LogP contribution in [0.3, 0.4) is 0 Å². The number of sulfonamides is 1. The molecule has 0 saturated heterocycles. The van der Waals surface area contributed by atoms with Crippen LogP contribution >= 0.6 is 0 Å². The molecule has 0 aliphatic rings. The molecule has 0 amide bonds. The predicted octanol–water partition coefficient (Wildman–Crippen LogP) is 0.819. The number of aryl methyl sites for hydroxylation is 1. The maximum atomic E-state index is 13.3. The minimum Gasteiger partial charge on any atom is -0.326 e. The van der Waals surface area contributed by atoms with Gasteiger partial charge in [-0.05, 0) is 18.2 Å². The number of nitrogens with one attached hydrogen (secondary N) is 1. The number of nitrogens with two attached hydrogens (primary N) is 1. The Bertz CT molecular complexity index is 696. The lowest BCUT2D eigenvalue weighted by atomic mass is 10.2. The molecule has 0 atom stereocenters. The smallest absolute Gasteiger partial charge is 0.263 e. The summed E-state index contributed by atoms with van der Waals surface area (Å²) in [4.78, 5) is -0.0556. The molecule has 0 unspecified atom stereocenters. The third-order valence-corrected chi connectivity index (χ3v) is 3.85. The van der Waals surface area contributed by atoms with E-state index in [-0.39, 0.29) is 22.8 Å². The maximum Gasteiger partial charge on any atom is 0.263 e. The molecule has 1 aromatic carbocycles. The summed E-state index contributed by atoms with van der Waals surface area (Å²) in [6, 6.07) is 4.99.